The van der Waals surface area contributed by atoms with Crippen LogP contribution >= 0.6 is 22.9 Å². The predicted octanol–water partition coefficient (Wildman–Crippen LogP) is 4.99. The molecule has 23 heavy (non-hydrogen) atoms. The van der Waals surface area contributed by atoms with Crippen molar-refractivity contribution < 1.29 is 14.3 Å². The van der Waals surface area contributed by atoms with Gasteiger partial charge >= 0.3 is 5.97 Å². The summed E-state index contributed by atoms with van der Waals surface area (Å²) >= 11 is 7.38. The van der Waals surface area contributed by atoms with Crippen LogP contribution in [0.15, 0.2) is 35.7 Å². The summed E-state index contributed by atoms with van der Waals surface area (Å²) in [5, 5.41) is 2.37. The van der Waals surface area contributed by atoms with Crippen molar-refractivity contribution in [3.8, 4) is 0 Å². The Morgan fingerprint density at radius 2 is 2.04 bits per heavy atom. The molecule has 0 radical (unpaired) electrons. The van der Waals surface area contributed by atoms with E-state index in [1.807, 2.05) is 37.4 Å². The number of halogens is 1. The van der Waals surface area contributed by atoms with Gasteiger partial charge in [0.15, 0.2) is 6.29 Å². The average Bonchev–Trinajstić information content (AvgIpc) is 3.02. The van der Waals surface area contributed by atoms with Crippen LogP contribution in [0.3, 0.4) is 0 Å². The Balaban J connectivity index is 2.40. The topological polar surface area (TPSA) is 43.4 Å². The van der Waals surface area contributed by atoms with Gasteiger partial charge in [0.1, 0.15) is 0 Å². The third kappa shape index (κ3) is 3.89. The van der Waals surface area contributed by atoms with Gasteiger partial charge in [-0.1, -0.05) is 43.7 Å². The van der Waals surface area contributed by atoms with Gasteiger partial charge in [-0.2, -0.15) is 0 Å². The largest absolute Gasteiger partial charge is 0.465 e. The Kier molecular flexibility index (Phi) is 5.39. The number of allylic oxidation sites excluding steroid dienone is 1. The van der Waals surface area contributed by atoms with E-state index in [9.17, 15) is 9.59 Å². The zero-order valence-electron chi connectivity index (χ0n) is 13.1. The molecule has 0 N–H and O–H groups in total. The molecule has 0 aliphatic rings. The van der Waals surface area contributed by atoms with Crippen molar-refractivity contribution in [2.75, 3.05) is 7.11 Å². The van der Waals surface area contributed by atoms with Crippen molar-refractivity contribution >= 4 is 41.3 Å². The van der Waals surface area contributed by atoms with E-state index < -0.39 is 5.97 Å². The molecular weight excluding hydrogens is 332 g/mol. The number of hydrogen-bond donors (Lipinski definition) is 0. The van der Waals surface area contributed by atoms with Gasteiger partial charge in [-0.05, 0) is 34.7 Å². The summed E-state index contributed by atoms with van der Waals surface area (Å²) in [6.07, 6.45) is 4.70. The minimum atomic E-state index is -0.436. The highest BCUT2D eigenvalue weighted by Gasteiger charge is 2.22. The van der Waals surface area contributed by atoms with Crippen LogP contribution in [0, 0.1) is 0 Å². The van der Waals surface area contributed by atoms with Crippen LogP contribution in [0.2, 0.25) is 5.02 Å². The van der Waals surface area contributed by atoms with Crippen LogP contribution in [-0.4, -0.2) is 19.4 Å². The number of methoxy groups -OCH3 is 1. The van der Waals surface area contributed by atoms with E-state index in [2.05, 4.69) is 0 Å². The Labute approximate surface area is 144 Å². The molecule has 0 amide bonds. The molecule has 1 aromatic carbocycles. The summed E-state index contributed by atoms with van der Waals surface area (Å²) in [4.78, 5) is 23.7. The predicted molar refractivity (Wildman–Crippen MR) is 94.6 cm³/mol. The molecule has 1 heterocycles. The summed E-state index contributed by atoms with van der Waals surface area (Å²) in [6, 6.07) is 7.03. The molecule has 0 saturated heterocycles. The van der Waals surface area contributed by atoms with Crippen LogP contribution < -0.4 is 0 Å². The lowest BCUT2D eigenvalue weighted by molar-refractivity contribution is 0.0600. The second kappa shape index (κ2) is 7.11. The van der Waals surface area contributed by atoms with Crippen molar-refractivity contribution in [3.63, 3.8) is 0 Å². The van der Waals surface area contributed by atoms with E-state index >= 15 is 0 Å². The van der Waals surface area contributed by atoms with E-state index in [0.29, 0.717) is 15.5 Å². The highest BCUT2D eigenvalue weighted by Crippen LogP contribution is 2.31. The monoisotopic (exact) mass is 348 g/mol. The third-order valence-electron chi connectivity index (χ3n) is 3.60. The van der Waals surface area contributed by atoms with Gasteiger partial charge in [0.2, 0.25) is 0 Å². The van der Waals surface area contributed by atoms with Gasteiger partial charge in [0.05, 0.1) is 17.6 Å². The molecule has 2 rings (SSSR count). The summed E-state index contributed by atoms with van der Waals surface area (Å²) in [5.74, 6) is -0.436. The van der Waals surface area contributed by atoms with Gasteiger partial charge in [-0.15, -0.1) is 11.3 Å². The fourth-order valence-corrected chi connectivity index (χ4v) is 3.33. The van der Waals surface area contributed by atoms with Gasteiger partial charge < -0.3 is 4.74 Å². The van der Waals surface area contributed by atoms with E-state index in [0.717, 1.165) is 17.4 Å². The maximum atomic E-state index is 11.9. The standard InChI is InChI=1S/C18H17ClO3S/c1-18(2,15-7-9-23-16(15)11-20)8-6-12-4-5-13(19)10-14(12)17(21)22-3/h4-11H,1-3H3/b8-6+. The van der Waals surface area contributed by atoms with Crippen molar-refractivity contribution in [1.29, 1.82) is 0 Å². The Morgan fingerprint density at radius 3 is 2.70 bits per heavy atom. The average molecular weight is 349 g/mol. The lowest BCUT2D eigenvalue weighted by Gasteiger charge is -2.20. The van der Waals surface area contributed by atoms with Crippen LogP contribution in [0.4, 0.5) is 0 Å². The molecule has 5 heteroatoms. The highest BCUT2D eigenvalue weighted by molar-refractivity contribution is 7.11. The first-order valence-electron chi connectivity index (χ1n) is 6.99. The van der Waals surface area contributed by atoms with Crippen molar-refractivity contribution in [3.05, 3.63) is 62.3 Å². The fourth-order valence-electron chi connectivity index (χ4n) is 2.29. The second-order valence-corrected chi connectivity index (χ2v) is 6.98. The van der Waals surface area contributed by atoms with Gasteiger partial charge in [0, 0.05) is 10.4 Å². The van der Waals surface area contributed by atoms with Crippen LogP contribution in [0.5, 0.6) is 0 Å². The molecule has 1 aromatic heterocycles. The molecule has 0 fully saturated rings. The lowest BCUT2D eigenvalue weighted by Crippen LogP contribution is -2.14. The molecule has 0 bridgehead atoms. The zero-order chi connectivity index (χ0) is 17.0. The summed E-state index contributed by atoms with van der Waals surface area (Å²) in [7, 11) is 1.34. The van der Waals surface area contributed by atoms with E-state index in [1.54, 1.807) is 18.2 Å². The quantitative estimate of drug-likeness (QED) is 0.564. The SMILES string of the molecule is COC(=O)c1cc(Cl)ccc1/C=C/C(C)(C)c1ccsc1C=O. The summed E-state index contributed by atoms with van der Waals surface area (Å²) in [5.41, 5.74) is 1.75. The maximum Gasteiger partial charge on any atom is 0.338 e. The Hall–Kier alpha value is -1.91. The van der Waals surface area contributed by atoms with Gasteiger partial charge in [-0.25, -0.2) is 4.79 Å². The molecule has 0 aliphatic heterocycles. The fraction of sp³-hybridized carbons (Fsp3) is 0.222. The minimum Gasteiger partial charge on any atom is -0.465 e. The lowest BCUT2D eigenvalue weighted by atomic mass is 9.84. The number of ether oxygens (including phenoxy) is 1. The number of rotatable bonds is 5. The molecule has 2 aromatic rings. The number of thiophene rings is 1. The molecule has 120 valence electrons. The molecule has 0 spiro atoms. The highest BCUT2D eigenvalue weighted by atomic mass is 35.5. The summed E-state index contributed by atoms with van der Waals surface area (Å²) in [6.45, 7) is 4.04. The Morgan fingerprint density at radius 1 is 1.30 bits per heavy atom. The van der Waals surface area contributed by atoms with E-state index in [-0.39, 0.29) is 5.41 Å². The first-order valence-corrected chi connectivity index (χ1v) is 8.25. The number of carbonyl (C=O) groups is 2. The van der Waals surface area contributed by atoms with Crippen LogP contribution in [0.25, 0.3) is 6.08 Å². The molecule has 0 unspecified atom stereocenters. The third-order valence-corrected chi connectivity index (χ3v) is 4.67. The van der Waals surface area contributed by atoms with Crippen LogP contribution in [0.1, 0.15) is 45.0 Å². The molecule has 0 aliphatic carbocycles. The summed E-state index contributed by atoms with van der Waals surface area (Å²) < 4.78 is 4.80. The molecular formula is C18H17ClO3S. The second-order valence-electron chi connectivity index (χ2n) is 5.59. The van der Waals surface area contributed by atoms with Crippen LogP contribution in [-0.2, 0) is 10.2 Å². The number of carbonyl (C=O) groups excluding carboxylic acids is 2. The number of hydrogen-bond acceptors (Lipinski definition) is 4. The zero-order valence-corrected chi connectivity index (χ0v) is 14.7. The van der Waals surface area contributed by atoms with E-state index in [1.165, 1.54) is 18.4 Å². The van der Waals surface area contributed by atoms with Crippen molar-refractivity contribution in [1.82, 2.24) is 0 Å². The van der Waals surface area contributed by atoms with Gasteiger partial charge in [0.25, 0.3) is 0 Å². The first kappa shape index (κ1) is 17.4. The van der Waals surface area contributed by atoms with Gasteiger partial charge in [-0.3, -0.25) is 4.79 Å². The number of benzene rings is 1. The molecule has 0 atom stereocenters. The van der Waals surface area contributed by atoms with E-state index in [4.69, 9.17) is 16.3 Å². The first-order chi connectivity index (χ1) is 10.9. The van der Waals surface area contributed by atoms with Crippen molar-refractivity contribution in [2.45, 2.75) is 19.3 Å². The normalized spacial score (nSPS) is 11.7. The molecule has 0 saturated carbocycles. The number of aldehydes is 1. The van der Waals surface area contributed by atoms with Crippen molar-refractivity contribution in [2.24, 2.45) is 0 Å². The Bertz CT molecular complexity index is 759. The smallest absolute Gasteiger partial charge is 0.338 e. The molecule has 3 nitrogen and oxygen atoms in total. The minimum absolute atomic E-state index is 0.344. The maximum absolute atomic E-state index is 11.9. The number of esters is 1.